The Balaban J connectivity index is 1.67. The number of fused-ring (bicyclic) bond motifs is 1. The third-order valence-corrected chi connectivity index (χ3v) is 4.33. The Labute approximate surface area is 149 Å². The van der Waals surface area contributed by atoms with E-state index in [0.717, 1.165) is 11.4 Å². The van der Waals surface area contributed by atoms with Crippen molar-refractivity contribution >= 4 is 23.0 Å². The van der Waals surface area contributed by atoms with E-state index in [4.69, 9.17) is 16.3 Å². The van der Waals surface area contributed by atoms with Crippen LogP contribution in [0.25, 0.3) is 0 Å². The van der Waals surface area contributed by atoms with Gasteiger partial charge in [-0.05, 0) is 24.3 Å². The first-order chi connectivity index (χ1) is 12.3. The minimum absolute atomic E-state index is 0.0612. The molecule has 25 heavy (non-hydrogen) atoms. The minimum Gasteiger partial charge on any atom is -0.454 e. The Bertz CT molecular complexity index is 871. The summed E-state index contributed by atoms with van der Waals surface area (Å²) < 4.78 is 5.99. The van der Waals surface area contributed by atoms with E-state index < -0.39 is 0 Å². The second-order valence-corrected chi connectivity index (χ2v) is 5.99. The number of hydrogen-bond donors (Lipinski definition) is 3. The molecule has 0 bridgehead atoms. The van der Waals surface area contributed by atoms with E-state index in [9.17, 15) is 5.11 Å². The first-order valence-electron chi connectivity index (χ1n) is 7.80. The maximum Gasteiger partial charge on any atom is 0.152 e. The van der Waals surface area contributed by atoms with Crippen LogP contribution in [0, 0.1) is 0 Å². The van der Waals surface area contributed by atoms with Crippen molar-refractivity contribution in [1.29, 1.82) is 0 Å². The molecule has 2 heterocycles. The maximum absolute atomic E-state index is 9.75. The van der Waals surface area contributed by atoms with Crippen LogP contribution in [0.2, 0.25) is 5.02 Å². The van der Waals surface area contributed by atoms with Crippen molar-refractivity contribution in [3.63, 3.8) is 0 Å². The molecular weight excluding hydrogens is 342 g/mol. The molecule has 3 aromatic rings. The van der Waals surface area contributed by atoms with Crippen LogP contribution in [0.15, 0.2) is 48.8 Å². The molecule has 0 radical (unpaired) electrons. The van der Waals surface area contributed by atoms with Gasteiger partial charge in [0.25, 0.3) is 0 Å². The van der Waals surface area contributed by atoms with Gasteiger partial charge in [0, 0.05) is 0 Å². The van der Waals surface area contributed by atoms with Gasteiger partial charge in [-0.15, -0.1) is 0 Å². The summed E-state index contributed by atoms with van der Waals surface area (Å²) in [6, 6.07) is 13.0. The highest BCUT2D eigenvalue weighted by Gasteiger charge is 2.31. The van der Waals surface area contributed by atoms with E-state index in [-0.39, 0.29) is 12.8 Å². The number of anilines is 2. The molecule has 0 spiro atoms. The van der Waals surface area contributed by atoms with Gasteiger partial charge in [0.1, 0.15) is 29.8 Å². The van der Waals surface area contributed by atoms with Gasteiger partial charge in [0.05, 0.1) is 23.9 Å². The highest BCUT2D eigenvalue weighted by molar-refractivity contribution is 6.32. The van der Waals surface area contributed by atoms with Gasteiger partial charge in [0.2, 0.25) is 0 Å². The van der Waals surface area contributed by atoms with E-state index in [2.05, 4.69) is 20.5 Å². The first-order valence-corrected chi connectivity index (χ1v) is 8.17. The topological polar surface area (TPSA) is 86.3 Å². The summed E-state index contributed by atoms with van der Waals surface area (Å²) in [5, 5.41) is 20.3. The third kappa shape index (κ3) is 2.99. The number of nitrogens with one attached hydrogen (secondary N) is 2. The lowest BCUT2D eigenvalue weighted by atomic mass is 10.2. The van der Waals surface area contributed by atoms with Crippen LogP contribution in [0.1, 0.15) is 5.82 Å². The van der Waals surface area contributed by atoms with Crippen LogP contribution in [-0.2, 0) is 6.54 Å². The smallest absolute Gasteiger partial charge is 0.152 e. The molecule has 8 heteroatoms. The molecule has 3 N–H and O–H groups in total. The summed E-state index contributed by atoms with van der Waals surface area (Å²) in [6.07, 6.45) is 1.18. The number of rotatable bonds is 5. The Hall–Kier alpha value is -2.77. The number of nitrogens with zero attached hydrogens (tertiary/aromatic N) is 3. The largest absolute Gasteiger partial charge is 0.454 e. The number of benzene rings is 2. The van der Waals surface area contributed by atoms with Crippen LogP contribution < -0.4 is 15.0 Å². The van der Waals surface area contributed by atoms with Crippen molar-refractivity contribution in [2.24, 2.45) is 0 Å². The van der Waals surface area contributed by atoms with E-state index in [1.54, 1.807) is 6.07 Å². The standard InChI is InChI=1S/C17H16ClN5O2/c18-11-4-1-2-6-13(11)25-14-7-3-5-12-17(14)21-16(9-24)23(12)8-15-19-10-20-22-15/h1-7,10,16,21,24H,8-9H2,(H,19,20,22). The number of para-hydroxylation sites is 2. The summed E-state index contributed by atoms with van der Waals surface area (Å²) in [4.78, 5) is 6.17. The van der Waals surface area contributed by atoms with Crippen LogP contribution in [-0.4, -0.2) is 33.1 Å². The Morgan fingerprint density at radius 2 is 2.00 bits per heavy atom. The van der Waals surface area contributed by atoms with Crippen LogP contribution in [0.4, 0.5) is 11.4 Å². The van der Waals surface area contributed by atoms with Gasteiger partial charge in [-0.3, -0.25) is 5.10 Å². The molecule has 4 rings (SSSR count). The number of ether oxygens (including phenoxy) is 1. The molecule has 7 nitrogen and oxygen atoms in total. The quantitative estimate of drug-likeness (QED) is 0.650. The SMILES string of the molecule is OCC1Nc2c(Oc3ccccc3Cl)cccc2N1Cc1ncn[nH]1. The van der Waals surface area contributed by atoms with Crippen LogP contribution >= 0.6 is 11.6 Å². The Kier molecular flexibility index (Phi) is 4.17. The second kappa shape index (κ2) is 6.62. The number of aliphatic hydroxyl groups excluding tert-OH is 1. The summed E-state index contributed by atoms with van der Waals surface area (Å²) >= 11 is 6.19. The number of aromatic nitrogens is 3. The average Bonchev–Trinajstić information content (AvgIpc) is 3.26. The van der Waals surface area contributed by atoms with Crippen molar-refractivity contribution in [2.75, 3.05) is 16.8 Å². The summed E-state index contributed by atoms with van der Waals surface area (Å²) in [5.41, 5.74) is 1.72. The molecule has 1 aliphatic rings. The number of halogens is 1. The second-order valence-electron chi connectivity index (χ2n) is 5.59. The Morgan fingerprint density at radius 1 is 1.16 bits per heavy atom. The maximum atomic E-state index is 9.75. The lowest BCUT2D eigenvalue weighted by Crippen LogP contribution is -2.38. The van der Waals surface area contributed by atoms with Gasteiger partial charge in [0.15, 0.2) is 5.75 Å². The zero-order chi connectivity index (χ0) is 17.2. The fraction of sp³-hybridized carbons (Fsp3) is 0.176. The molecule has 2 aromatic carbocycles. The molecule has 1 atom stereocenters. The highest BCUT2D eigenvalue weighted by atomic mass is 35.5. The van der Waals surface area contributed by atoms with E-state index in [1.807, 2.05) is 41.3 Å². The molecule has 128 valence electrons. The zero-order valence-corrected chi connectivity index (χ0v) is 13.9. The number of aliphatic hydroxyl groups is 1. The molecule has 0 amide bonds. The molecule has 0 saturated carbocycles. The monoisotopic (exact) mass is 357 g/mol. The number of aromatic amines is 1. The number of hydrogen-bond acceptors (Lipinski definition) is 6. The van der Waals surface area contributed by atoms with Crippen LogP contribution in [0.3, 0.4) is 0 Å². The normalized spacial score (nSPS) is 15.8. The zero-order valence-electron chi connectivity index (χ0n) is 13.2. The van der Waals surface area contributed by atoms with Crippen molar-refractivity contribution in [1.82, 2.24) is 15.2 Å². The summed E-state index contributed by atoms with van der Waals surface area (Å²) in [7, 11) is 0. The first kappa shape index (κ1) is 15.7. The van der Waals surface area contributed by atoms with Gasteiger partial charge in [-0.25, -0.2) is 4.98 Å². The van der Waals surface area contributed by atoms with Crippen LogP contribution in [0.5, 0.6) is 11.5 Å². The summed E-state index contributed by atoms with van der Waals surface area (Å²) in [5.74, 6) is 1.93. The molecule has 0 aliphatic carbocycles. The van der Waals surface area contributed by atoms with Gasteiger partial charge in [-0.2, -0.15) is 5.10 Å². The van der Waals surface area contributed by atoms with Crippen molar-refractivity contribution < 1.29 is 9.84 Å². The number of H-pyrrole nitrogens is 1. The van der Waals surface area contributed by atoms with Crippen molar-refractivity contribution in [2.45, 2.75) is 12.7 Å². The minimum atomic E-state index is -0.281. The molecular formula is C17H16ClN5O2. The molecule has 1 aromatic heterocycles. The third-order valence-electron chi connectivity index (χ3n) is 4.02. The van der Waals surface area contributed by atoms with Gasteiger partial charge < -0.3 is 20.1 Å². The van der Waals surface area contributed by atoms with Crippen molar-refractivity contribution in [3.8, 4) is 11.5 Å². The van der Waals surface area contributed by atoms with Gasteiger partial charge >= 0.3 is 0 Å². The van der Waals surface area contributed by atoms with Gasteiger partial charge in [-0.1, -0.05) is 29.8 Å². The highest BCUT2D eigenvalue weighted by Crippen LogP contribution is 2.44. The van der Waals surface area contributed by atoms with E-state index in [0.29, 0.717) is 28.9 Å². The van der Waals surface area contributed by atoms with E-state index >= 15 is 0 Å². The predicted molar refractivity (Wildman–Crippen MR) is 95.0 cm³/mol. The van der Waals surface area contributed by atoms with Crippen molar-refractivity contribution in [3.05, 3.63) is 59.6 Å². The average molecular weight is 358 g/mol. The molecule has 1 aliphatic heterocycles. The predicted octanol–water partition coefficient (Wildman–Crippen LogP) is 3.00. The lowest BCUT2D eigenvalue weighted by Gasteiger charge is -2.23. The van der Waals surface area contributed by atoms with E-state index in [1.165, 1.54) is 6.33 Å². The fourth-order valence-corrected chi connectivity index (χ4v) is 3.03. The fourth-order valence-electron chi connectivity index (χ4n) is 2.86. The molecule has 0 fully saturated rings. The Morgan fingerprint density at radius 3 is 2.76 bits per heavy atom. The summed E-state index contributed by atoms with van der Waals surface area (Å²) in [6.45, 7) is 0.426. The molecule has 1 unspecified atom stereocenters. The molecule has 0 saturated heterocycles. The lowest BCUT2D eigenvalue weighted by molar-refractivity contribution is 0.272.